The van der Waals surface area contributed by atoms with Crippen molar-refractivity contribution in [1.82, 2.24) is 4.98 Å². The minimum atomic E-state index is -0.853. The molecule has 2 N–H and O–H groups in total. The Labute approximate surface area is 101 Å². The molecule has 0 aliphatic rings. The molecule has 0 bridgehead atoms. The zero-order chi connectivity index (χ0) is 13.1. The van der Waals surface area contributed by atoms with E-state index in [2.05, 4.69) is 4.98 Å². The third-order valence-corrected chi connectivity index (χ3v) is 2.13. The normalized spacial score (nSPS) is 10.1. The summed E-state index contributed by atoms with van der Waals surface area (Å²) in [6.45, 7) is 0. The van der Waals surface area contributed by atoms with Crippen LogP contribution in [0, 0.1) is 15.9 Å². The largest absolute Gasteiger partial charge is 0.434 e. The Morgan fingerprint density at radius 3 is 2.78 bits per heavy atom. The highest BCUT2D eigenvalue weighted by molar-refractivity contribution is 5.49. The molecule has 0 saturated carbocycles. The van der Waals surface area contributed by atoms with E-state index in [1.807, 2.05) is 0 Å². The molecule has 0 aliphatic carbocycles. The summed E-state index contributed by atoms with van der Waals surface area (Å²) in [5.41, 5.74) is 5.47. The van der Waals surface area contributed by atoms with E-state index in [-0.39, 0.29) is 23.0 Å². The fourth-order valence-corrected chi connectivity index (χ4v) is 1.28. The van der Waals surface area contributed by atoms with Gasteiger partial charge in [0.05, 0.1) is 16.7 Å². The Kier molecular flexibility index (Phi) is 3.05. The third kappa shape index (κ3) is 2.34. The summed E-state index contributed by atoms with van der Waals surface area (Å²) in [6.07, 6.45) is 1.44. The van der Waals surface area contributed by atoms with Crippen LogP contribution in [0.25, 0.3) is 0 Å². The van der Waals surface area contributed by atoms with Gasteiger partial charge >= 0.3 is 0 Å². The number of aromatic nitrogens is 1. The highest BCUT2D eigenvalue weighted by Gasteiger charge is 2.13. The number of pyridine rings is 1. The molecular formula is C11H8FN3O3. The molecule has 92 valence electrons. The van der Waals surface area contributed by atoms with Gasteiger partial charge in [-0.15, -0.1) is 0 Å². The van der Waals surface area contributed by atoms with Crippen LogP contribution in [0.1, 0.15) is 0 Å². The van der Waals surface area contributed by atoms with Crippen molar-refractivity contribution in [2.24, 2.45) is 0 Å². The van der Waals surface area contributed by atoms with Gasteiger partial charge in [-0.3, -0.25) is 10.1 Å². The Balaban J connectivity index is 2.30. The highest BCUT2D eigenvalue weighted by atomic mass is 19.1. The Bertz CT molecular complexity index is 604. The summed E-state index contributed by atoms with van der Waals surface area (Å²) < 4.78 is 18.7. The number of nitrogens with two attached hydrogens (primary N) is 1. The monoisotopic (exact) mass is 249 g/mol. The standard InChI is InChI=1S/C11H8FN3O3/c12-8-6-7(15(16)17)3-4-10(8)18-11-9(13)2-1-5-14-11/h1-6H,13H2. The summed E-state index contributed by atoms with van der Waals surface area (Å²) in [4.78, 5) is 13.6. The lowest BCUT2D eigenvalue weighted by atomic mass is 10.3. The first-order valence-electron chi connectivity index (χ1n) is 4.90. The molecule has 0 aliphatic heterocycles. The smallest absolute Gasteiger partial charge is 0.272 e. The van der Waals surface area contributed by atoms with Crippen molar-refractivity contribution in [1.29, 1.82) is 0 Å². The van der Waals surface area contributed by atoms with E-state index in [4.69, 9.17) is 10.5 Å². The van der Waals surface area contributed by atoms with E-state index in [1.54, 1.807) is 12.1 Å². The molecule has 0 atom stereocenters. The molecule has 0 fully saturated rings. The number of anilines is 1. The first-order chi connectivity index (χ1) is 8.58. The van der Waals surface area contributed by atoms with Crippen LogP contribution < -0.4 is 10.5 Å². The Morgan fingerprint density at radius 2 is 2.17 bits per heavy atom. The fourth-order valence-electron chi connectivity index (χ4n) is 1.28. The Hall–Kier alpha value is -2.70. The molecule has 1 aromatic carbocycles. The third-order valence-electron chi connectivity index (χ3n) is 2.13. The second-order valence-corrected chi connectivity index (χ2v) is 3.37. The van der Waals surface area contributed by atoms with Crippen LogP contribution in [0.5, 0.6) is 11.6 Å². The van der Waals surface area contributed by atoms with Crippen molar-refractivity contribution in [3.63, 3.8) is 0 Å². The average molecular weight is 249 g/mol. The van der Waals surface area contributed by atoms with Crippen LogP contribution in [0.15, 0.2) is 36.5 Å². The first kappa shape index (κ1) is 11.8. The van der Waals surface area contributed by atoms with E-state index in [0.29, 0.717) is 0 Å². The van der Waals surface area contributed by atoms with E-state index in [1.165, 1.54) is 6.20 Å². The van der Waals surface area contributed by atoms with Gasteiger partial charge in [-0.2, -0.15) is 0 Å². The fraction of sp³-hybridized carbons (Fsp3) is 0. The van der Waals surface area contributed by atoms with Gasteiger partial charge in [0.25, 0.3) is 5.69 Å². The Morgan fingerprint density at radius 1 is 1.39 bits per heavy atom. The second-order valence-electron chi connectivity index (χ2n) is 3.37. The minimum absolute atomic E-state index is 0.0465. The molecule has 1 aromatic heterocycles. The molecule has 0 amide bonds. The van der Waals surface area contributed by atoms with E-state index in [0.717, 1.165) is 18.2 Å². The molecule has 6 nitrogen and oxygen atoms in total. The van der Waals surface area contributed by atoms with Crippen molar-refractivity contribution < 1.29 is 14.1 Å². The lowest BCUT2D eigenvalue weighted by Crippen LogP contribution is -1.96. The zero-order valence-electron chi connectivity index (χ0n) is 9.04. The van der Waals surface area contributed by atoms with Crippen LogP contribution in [-0.4, -0.2) is 9.91 Å². The van der Waals surface area contributed by atoms with Crippen LogP contribution >= 0.6 is 0 Å². The van der Waals surface area contributed by atoms with Crippen molar-refractivity contribution in [2.75, 3.05) is 5.73 Å². The number of rotatable bonds is 3. The number of halogens is 1. The highest BCUT2D eigenvalue weighted by Crippen LogP contribution is 2.28. The molecule has 18 heavy (non-hydrogen) atoms. The predicted molar refractivity (Wildman–Crippen MR) is 61.8 cm³/mol. The summed E-state index contributed by atoms with van der Waals surface area (Å²) in [7, 11) is 0. The van der Waals surface area contributed by atoms with Crippen LogP contribution in [0.4, 0.5) is 15.8 Å². The average Bonchev–Trinajstić information content (AvgIpc) is 2.34. The predicted octanol–water partition coefficient (Wildman–Crippen LogP) is 2.50. The molecule has 0 radical (unpaired) electrons. The molecule has 0 saturated heterocycles. The SMILES string of the molecule is Nc1cccnc1Oc1ccc([N+](=O)[O-])cc1F. The maximum absolute atomic E-state index is 13.5. The number of nitrogen functional groups attached to an aromatic ring is 1. The summed E-state index contributed by atoms with van der Waals surface area (Å²) >= 11 is 0. The number of nitro groups is 1. The van der Waals surface area contributed by atoms with Gasteiger partial charge in [0.1, 0.15) is 0 Å². The van der Waals surface area contributed by atoms with Crippen LogP contribution in [0.3, 0.4) is 0 Å². The first-order valence-corrected chi connectivity index (χ1v) is 4.90. The lowest BCUT2D eigenvalue weighted by Gasteiger charge is -2.07. The van der Waals surface area contributed by atoms with Gasteiger partial charge < -0.3 is 10.5 Å². The number of hydrogen-bond donors (Lipinski definition) is 1. The quantitative estimate of drug-likeness (QED) is 0.666. The number of ether oxygens (including phenoxy) is 1. The maximum atomic E-state index is 13.5. The topological polar surface area (TPSA) is 91.3 Å². The van der Waals surface area contributed by atoms with Crippen molar-refractivity contribution in [2.45, 2.75) is 0 Å². The van der Waals surface area contributed by atoms with Gasteiger partial charge in [0, 0.05) is 12.3 Å². The van der Waals surface area contributed by atoms with E-state index < -0.39 is 10.7 Å². The molecule has 0 unspecified atom stereocenters. The van der Waals surface area contributed by atoms with Crippen molar-refractivity contribution >= 4 is 11.4 Å². The molecule has 2 rings (SSSR count). The van der Waals surface area contributed by atoms with E-state index in [9.17, 15) is 14.5 Å². The minimum Gasteiger partial charge on any atom is -0.434 e. The number of hydrogen-bond acceptors (Lipinski definition) is 5. The summed E-state index contributed by atoms with van der Waals surface area (Å²) in [6, 6.07) is 6.22. The van der Waals surface area contributed by atoms with Gasteiger partial charge in [0.15, 0.2) is 11.6 Å². The molecular weight excluding hydrogens is 241 g/mol. The number of nitrogens with zero attached hydrogens (tertiary/aromatic N) is 2. The molecule has 2 aromatic rings. The number of nitro benzene ring substituents is 1. The van der Waals surface area contributed by atoms with E-state index >= 15 is 0 Å². The van der Waals surface area contributed by atoms with Gasteiger partial charge in [-0.25, -0.2) is 9.37 Å². The molecule has 7 heteroatoms. The van der Waals surface area contributed by atoms with Crippen molar-refractivity contribution in [3.05, 3.63) is 52.5 Å². The van der Waals surface area contributed by atoms with Crippen LogP contribution in [-0.2, 0) is 0 Å². The van der Waals surface area contributed by atoms with Crippen LogP contribution in [0.2, 0.25) is 0 Å². The van der Waals surface area contributed by atoms with Crippen molar-refractivity contribution in [3.8, 4) is 11.6 Å². The lowest BCUT2D eigenvalue weighted by molar-refractivity contribution is -0.385. The van der Waals surface area contributed by atoms with Gasteiger partial charge in [-0.05, 0) is 18.2 Å². The maximum Gasteiger partial charge on any atom is 0.272 e. The number of benzene rings is 1. The summed E-state index contributed by atoms with van der Waals surface area (Å²) in [5, 5.41) is 10.4. The van der Waals surface area contributed by atoms with Gasteiger partial charge in [-0.1, -0.05) is 0 Å². The van der Waals surface area contributed by atoms with Gasteiger partial charge in [0.2, 0.25) is 5.88 Å². The zero-order valence-corrected chi connectivity index (χ0v) is 9.04. The second kappa shape index (κ2) is 4.66. The molecule has 1 heterocycles. The molecule has 0 spiro atoms. The summed E-state index contributed by atoms with van der Waals surface area (Å²) in [5.74, 6) is -0.981. The number of non-ortho nitro benzene ring substituents is 1.